The first-order chi connectivity index (χ1) is 10.2. The van der Waals surface area contributed by atoms with Gasteiger partial charge in [-0.25, -0.2) is 15.0 Å². The molecule has 2 aromatic heterocycles. The lowest BCUT2D eigenvalue weighted by Gasteiger charge is -2.12. The summed E-state index contributed by atoms with van der Waals surface area (Å²) < 4.78 is 15.8. The highest BCUT2D eigenvalue weighted by Gasteiger charge is 2.40. The molecule has 22 heavy (non-hydrogen) atoms. The summed E-state index contributed by atoms with van der Waals surface area (Å²) >= 11 is 1.43. The Morgan fingerprint density at radius 3 is 2.95 bits per heavy atom. The van der Waals surface area contributed by atoms with Crippen LogP contribution in [0.5, 0.6) is 0 Å². The van der Waals surface area contributed by atoms with Crippen LogP contribution in [0.2, 0.25) is 0 Å². The predicted molar refractivity (Wildman–Crippen MR) is 83.9 cm³/mol. The van der Waals surface area contributed by atoms with Crippen LogP contribution in [-0.4, -0.2) is 43.7 Å². The molecule has 1 fully saturated rings. The standard InChI is InChI=1S/C11H13N4O4PS.CH4/c16-3-6-1-7(2-8(6)19-20(17)18)15-10-9-11(13-4-12-10)21-5-14-9;/h4-8,16H,1-3H2,(H-,12,13,15,17,18);1H4/p+1/t6-,7-,8+;/m1./s1. The van der Waals surface area contributed by atoms with Crippen molar-refractivity contribution in [1.29, 1.82) is 0 Å². The molecular weight excluding hydrogens is 327 g/mol. The quantitative estimate of drug-likeness (QED) is 0.704. The monoisotopic (exact) mass is 345 g/mol. The molecule has 2 heterocycles. The molecule has 0 saturated heterocycles. The van der Waals surface area contributed by atoms with E-state index in [1.165, 1.54) is 17.7 Å². The molecule has 2 aromatic rings. The molecule has 0 spiro atoms. The fraction of sp³-hybridized carbons (Fsp3) is 0.583. The van der Waals surface area contributed by atoms with Crippen molar-refractivity contribution in [3.63, 3.8) is 0 Å². The van der Waals surface area contributed by atoms with Gasteiger partial charge in [-0.05, 0) is 12.8 Å². The van der Waals surface area contributed by atoms with Gasteiger partial charge >= 0.3 is 8.25 Å². The van der Waals surface area contributed by atoms with Crippen LogP contribution in [0.3, 0.4) is 0 Å². The number of aliphatic hydroxyl groups excluding tert-OH is 1. The highest BCUT2D eigenvalue weighted by atomic mass is 32.1. The van der Waals surface area contributed by atoms with Gasteiger partial charge in [0.15, 0.2) is 5.82 Å². The Balaban J connectivity index is 0.00000176. The normalized spacial score (nSPS) is 25.0. The number of anilines is 1. The maximum Gasteiger partial charge on any atom is 0.695 e. The summed E-state index contributed by atoms with van der Waals surface area (Å²) in [4.78, 5) is 22.2. The van der Waals surface area contributed by atoms with E-state index in [2.05, 4.69) is 20.3 Å². The van der Waals surface area contributed by atoms with Crippen LogP contribution in [-0.2, 0) is 9.09 Å². The Hall–Kier alpha value is -1.25. The molecule has 0 aromatic carbocycles. The van der Waals surface area contributed by atoms with Crippen LogP contribution < -0.4 is 5.32 Å². The minimum absolute atomic E-state index is 0. The van der Waals surface area contributed by atoms with Crippen LogP contribution in [0, 0.1) is 5.92 Å². The van der Waals surface area contributed by atoms with E-state index < -0.39 is 14.4 Å². The summed E-state index contributed by atoms with van der Waals surface area (Å²) in [7, 11) is -2.67. The number of aliphatic hydroxyl groups is 1. The Labute approximate surface area is 132 Å². The summed E-state index contributed by atoms with van der Waals surface area (Å²) in [5, 5.41) is 12.6. The maximum atomic E-state index is 10.8. The molecule has 120 valence electrons. The molecule has 1 unspecified atom stereocenters. The summed E-state index contributed by atoms with van der Waals surface area (Å²) in [5.41, 5.74) is 2.42. The summed E-state index contributed by atoms with van der Waals surface area (Å²) in [5.74, 6) is 0.471. The summed E-state index contributed by atoms with van der Waals surface area (Å²) in [6.45, 7) is -0.0814. The fourth-order valence-corrected chi connectivity index (χ4v) is 3.75. The lowest BCUT2D eigenvalue weighted by Crippen LogP contribution is -2.18. The SMILES string of the molecule is C.O=[P+](O)O[C@H]1C[C@H](Nc2ncnc3scnc23)C[C@@H]1CO. The third kappa shape index (κ3) is 3.56. The van der Waals surface area contributed by atoms with E-state index in [0.717, 1.165) is 4.83 Å². The zero-order valence-electron chi connectivity index (χ0n) is 10.9. The van der Waals surface area contributed by atoms with Crippen molar-refractivity contribution >= 4 is 35.8 Å². The van der Waals surface area contributed by atoms with Crippen molar-refractivity contribution in [3.05, 3.63) is 11.8 Å². The van der Waals surface area contributed by atoms with Crippen LogP contribution in [0.15, 0.2) is 11.8 Å². The molecular formula is C12H18N4O4PS+. The van der Waals surface area contributed by atoms with Crippen LogP contribution in [0.4, 0.5) is 5.82 Å². The van der Waals surface area contributed by atoms with Gasteiger partial charge in [0.1, 0.15) is 22.8 Å². The lowest BCUT2D eigenvalue weighted by molar-refractivity contribution is 0.106. The van der Waals surface area contributed by atoms with Gasteiger partial charge in [-0.3, -0.25) is 0 Å². The topological polar surface area (TPSA) is 117 Å². The van der Waals surface area contributed by atoms with Gasteiger partial charge in [0.25, 0.3) is 0 Å². The van der Waals surface area contributed by atoms with Crippen molar-refractivity contribution < 1.29 is 19.1 Å². The van der Waals surface area contributed by atoms with Gasteiger partial charge < -0.3 is 10.4 Å². The number of nitrogens with one attached hydrogen (secondary N) is 1. The van der Waals surface area contributed by atoms with E-state index in [4.69, 9.17) is 9.42 Å². The van der Waals surface area contributed by atoms with E-state index in [1.54, 1.807) is 5.51 Å². The number of aromatic nitrogens is 3. The van der Waals surface area contributed by atoms with Crippen molar-refractivity contribution in [1.82, 2.24) is 15.0 Å². The molecule has 1 saturated carbocycles. The Morgan fingerprint density at radius 2 is 2.23 bits per heavy atom. The highest BCUT2D eigenvalue weighted by molar-refractivity contribution is 7.32. The molecule has 0 amide bonds. The van der Waals surface area contributed by atoms with Crippen LogP contribution in [0.1, 0.15) is 20.3 Å². The molecule has 1 aliphatic carbocycles. The minimum atomic E-state index is -2.67. The van der Waals surface area contributed by atoms with Crippen molar-refractivity contribution in [2.75, 3.05) is 11.9 Å². The van der Waals surface area contributed by atoms with E-state index in [0.29, 0.717) is 24.2 Å². The van der Waals surface area contributed by atoms with Gasteiger partial charge in [-0.15, -0.1) is 20.8 Å². The zero-order valence-corrected chi connectivity index (χ0v) is 12.6. The molecule has 1 aliphatic rings. The third-order valence-corrected chi connectivity index (χ3v) is 4.75. The molecule has 4 atom stereocenters. The molecule has 10 heteroatoms. The highest BCUT2D eigenvalue weighted by Crippen LogP contribution is 2.36. The second kappa shape index (κ2) is 7.34. The molecule has 0 bridgehead atoms. The Morgan fingerprint density at radius 1 is 1.41 bits per heavy atom. The zero-order chi connectivity index (χ0) is 14.8. The van der Waals surface area contributed by atoms with E-state index in [9.17, 15) is 9.67 Å². The van der Waals surface area contributed by atoms with Gasteiger partial charge in [-0.1, -0.05) is 7.43 Å². The van der Waals surface area contributed by atoms with Gasteiger partial charge in [0, 0.05) is 23.1 Å². The summed E-state index contributed by atoms with van der Waals surface area (Å²) in [6, 6.07) is 0.00176. The first kappa shape index (κ1) is 17.1. The van der Waals surface area contributed by atoms with E-state index >= 15 is 0 Å². The minimum Gasteiger partial charge on any atom is -0.396 e. The van der Waals surface area contributed by atoms with E-state index in [1.807, 2.05) is 0 Å². The average Bonchev–Trinajstić information content (AvgIpc) is 3.05. The van der Waals surface area contributed by atoms with Gasteiger partial charge in [0.2, 0.25) is 0 Å². The number of hydrogen-bond acceptors (Lipinski definition) is 8. The second-order valence-corrected chi connectivity index (χ2v) is 6.39. The first-order valence-corrected chi connectivity index (χ1v) is 8.43. The Bertz CT molecular complexity index is 655. The van der Waals surface area contributed by atoms with Crippen LogP contribution >= 0.6 is 19.6 Å². The molecule has 0 radical (unpaired) electrons. The number of fused-ring (bicyclic) bond motifs is 1. The molecule has 0 aliphatic heterocycles. The van der Waals surface area contributed by atoms with E-state index in [-0.39, 0.29) is 26.0 Å². The number of rotatable bonds is 5. The lowest BCUT2D eigenvalue weighted by atomic mass is 10.1. The fourth-order valence-electron chi connectivity index (χ4n) is 2.63. The average molecular weight is 345 g/mol. The molecule has 3 N–H and O–H groups in total. The van der Waals surface area contributed by atoms with Crippen molar-refractivity contribution in [2.24, 2.45) is 5.92 Å². The second-order valence-electron chi connectivity index (χ2n) is 4.87. The maximum absolute atomic E-state index is 10.8. The summed E-state index contributed by atoms with van der Waals surface area (Å²) in [6.07, 6.45) is 2.21. The first-order valence-electron chi connectivity index (χ1n) is 6.42. The van der Waals surface area contributed by atoms with Crippen molar-refractivity contribution in [2.45, 2.75) is 32.4 Å². The molecule has 8 nitrogen and oxygen atoms in total. The van der Waals surface area contributed by atoms with Crippen molar-refractivity contribution in [3.8, 4) is 0 Å². The third-order valence-electron chi connectivity index (χ3n) is 3.57. The molecule has 3 rings (SSSR count). The van der Waals surface area contributed by atoms with Gasteiger partial charge in [0.05, 0.1) is 5.51 Å². The van der Waals surface area contributed by atoms with Gasteiger partial charge in [-0.2, -0.15) is 0 Å². The number of nitrogens with zero attached hydrogens (tertiary/aromatic N) is 3. The smallest absolute Gasteiger partial charge is 0.396 e. The number of thiazole rings is 1. The number of hydrogen-bond donors (Lipinski definition) is 3. The largest absolute Gasteiger partial charge is 0.695 e. The van der Waals surface area contributed by atoms with Crippen LogP contribution in [0.25, 0.3) is 10.3 Å². The Kier molecular flexibility index (Phi) is 5.71. The predicted octanol–water partition coefficient (Wildman–Crippen LogP) is 1.94.